The second kappa shape index (κ2) is 6.37. The second-order valence-corrected chi connectivity index (χ2v) is 7.04. The number of hydrogen-bond acceptors (Lipinski definition) is 3. The van der Waals surface area contributed by atoms with Crippen LogP contribution in [0, 0.1) is 11.3 Å². The van der Waals surface area contributed by atoms with E-state index in [9.17, 15) is 4.79 Å². The van der Waals surface area contributed by atoms with Crippen molar-refractivity contribution in [1.29, 1.82) is 0 Å². The normalized spacial score (nSPS) is 24.3. The summed E-state index contributed by atoms with van der Waals surface area (Å²) in [6.45, 7) is 6.91. The average molecular weight is 290 g/mol. The molecule has 0 aromatic heterocycles. The van der Waals surface area contributed by atoms with Crippen LogP contribution >= 0.6 is 0 Å². The lowest BCUT2D eigenvalue weighted by Gasteiger charge is -2.39. The highest BCUT2D eigenvalue weighted by atomic mass is 16.5. The second-order valence-electron chi connectivity index (χ2n) is 7.04. The molecule has 1 aliphatic carbocycles. The Morgan fingerprint density at radius 3 is 2.86 bits per heavy atom. The van der Waals surface area contributed by atoms with E-state index in [-0.39, 0.29) is 6.61 Å². The van der Waals surface area contributed by atoms with Gasteiger partial charge in [0.2, 0.25) is 0 Å². The number of nitrogens with one attached hydrogen (secondary N) is 1. The van der Waals surface area contributed by atoms with Crippen molar-refractivity contribution in [2.24, 2.45) is 17.1 Å². The number of amides is 1. The van der Waals surface area contributed by atoms with Gasteiger partial charge in [0.05, 0.1) is 0 Å². The topological polar surface area (TPSA) is 64.3 Å². The van der Waals surface area contributed by atoms with E-state index in [2.05, 4.69) is 26.1 Å². The summed E-state index contributed by atoms with van der Waals surface area (Å²) < 4.78 is 5.34. The summed E-state index contributed by atoms with van der Waals surface area (Å²) >= 11 is 0. The first kappa shape index (κ1) is 15.7. The molecule has 1 aliphatic rings. The number of primary amides is 1. The number of anilines is 1. The van der Waals surface area contributed by atoms with Gasteiger partial charge in [0, 0.05) is 17.8 Å². The summed E-state index contributed by atoms with van der Waals surface area (Å²) in [5, 5.41) is 3.60. The number of nitrogens with two attached hydrogens (primary N) is 1. The molecule has 0 saturated heterocycles. The van der Waals surface area contributed by atoms with Crippen molar-refractivity contribution in [3.05, 3.63) is 24.3 Å². The molecule has 2 rings (SSSR count). The summed E-state index contributed by atoms with van der Waals surface area (Å²) in [5.74, 6) is 0.943. The van der Waals surface area contributed by atoms with E-state index in [4.69, 9.17) is 10.5 Å². The molecular weight excluding hydrogens is 264 g/mol. The number of hydrogen-bond donors (Lipinski definition) is 2. The lowest BCUT2D eigenvalue weighted by Crippen LogP contribution is -2.35. The third-order valence-corrected chi connectivity index (χ3v) is 3.97. The minimum Gasteiger partial charge on any atom is -0.484 e. The Bertz CT molecular complexity index is 499. The van der Waals surface area contributed by atoms with Crippen molar-refractivity contribution in [3.63, 3.8) is 0 Å². The Morgan fingerprint density at radius 2 is 2.19 bits per heavy atom. The first-order valence-corrected chi connectivity index (χ1v) is 7.62. The molecular formula is C17H26N2O2. The van der Waals surface area contributed by atoms with Crippen LogP contribution in [0.25, 0.3) is 0 Å². The van der Waals surface area contributed by atoms with Gasteiger partial charge in [-0.3, -0.25) is 4.79 Å². The van der Waals surface area contributed by atoms with Gasteiger partial charge in [-0.15, -0.1) is 0 Å². The van der Waals surface area contributed by atoms with Crippen molar-refractivity contribution in [1.82, 2.24) is 0 Å². The van der Waals surface area contributed by atoms with Crippen LogP contribution in [-0.4, -0.2) is 18.6 Å². The van der Waals surface area contributed by atoms with Gasteiger partial charge in [-0.1, -0.05) is 26.8 Å². The molecule has 4 heteroatoms. The zero-order chi connectivity index (χ0) is 15.5. The van der Waals surface area contributed by atoms with E-state index in [1.807, 2.05) is 24.3 Å². The van der Waals surface area contributed by atoms with E-state index in [1.54, 1.807) is 0 Å². The molecule has 0 aliphatic heterocycles. The van der Waals surface area contributed by atoms with Gasteiger partial charge >= 0.3 is 0 Å². The van der Waals surface area contributed by atoms with Gasteiger partial charge < -0.3 is 15.8 Å². The van der Waals surface area contributed by atoms with E-state index in [1.165, 1.54) is 19.3 Å². The smallest absolute Gasteiger partial charge is 0.255 e. The monoisotopic (exact) mass is 290 g/mol. The fraction of sp³-hybridized carbons (Fsp3) is 0.588. The molecule has 0 bridgehead atoms. The highest BCUT2D eigenvalue weighted by Crippen LogP contribution is 2.39. The SMILES string of the molecule is CC1CC(Nc2cccc(OCC(N)=O)c2)CC(C)(C)C1. The lowest BCUT2D eigenvalue weighted by molar-refractivity contribution is -0.119. The predicted molar refractivity (Wildman–Crippen MR) is 85.3 cm³/mol. The van der Waals surface area contributed by atoms with Crippen molar-refractivity contribution < 1.29 is 9.53 Å². The molecule has 1 aromatic carbocycles. The molecule has 0 radical (unpaired) electrons. The maximum absolute atomic E-state index is 10.8. The fourth-order valence-corrected chi connectivity index (χ4v) is 3.52. The standard InChI is InChI=1S/C17H26N2O2/c1-12-7-14(10-17(2,3)9-12)19-13-5-4-6-15(8-13)21-11-16(18)20/h4-6,8,12,14,19H,7,9-11H2,1-3H3,(H2,18,20). The average Bonchev–Trinajstić information content (AvgIpc) is 2.34. The third kappa shape index (κ3) is 4.96. The van der Waals surface area contributed by atoms with Crippen molar-refractivity contribution in [2.45, 2.75) is 46.1 Å². The van der Waals surface area contributed by atoms with Crippen LogP contribution in [0.5, 0.6) is 5.75 Å². The number of carbonyl (C=O) groups excluding carboxylic acids is 1. The molecule has 1 aromatic rings. The zero-order valence-electron chi connectivity index (χ0n) is 13.2. The Labute approximate surface area is 127 Å². The first-order valence-electron chi connectivity index (χ1n) is 7.62. The molecule has 1 fully saturated rings. The van der Waals surface area contributed by atoms with Crippen molar-refractivity contribution in [3.8, 4) is 5.75 Å². The summed E-state index contributed by atoms with van der Waals surface area (Å²) in [6.07, 6.45) is 3.65. The summed E-state index contributed by atoms with van der Waals surface area (Å²) in [4.78, 5) is 10.8. The van der Waals surface area contributed by atoms with E-state index < -0.39 is 5.91 Å². The maximum Gasteiger partial charge on any atom is 0.255 e. The van der Waals surface area contributed by atoms with Gasteiger partial charge in [0.1, 0.15) is 5.75 Å². The van der Waals surface area contributed by atoms with Crippen LogP contribution < -0.4 is 15.8 Å². The molecule has 3 N–H and O–H groups in total. The number of ether oxygens (including phenoxy) is 1. The van der Waals surface area contributed by atoms with Gasteiger partial charge in [-0.2, -0.15) is 0 Å². The highest BCUT2D eigenvalue weighted by Gasteiger charge is 2.31. The molecule has 4 nitrogen and oxygen atoms in total. The van der Waals surface area contributed by atoms with Gasteiger partial charge in [-0.05, 0) is 42.7 Å². The Morgan fingerprint density at radius 1 is 1.43 bits per heavy atom. The van der Waals surface area contributed by atoms with E-state index >= 15 is 0 Å². The van der Waals surface area contributed by atoms with Crippen LogP contribution in [0.3, 0.4) is 0 Å². The molecule has 1 saturated carbocycles. The minimum atomic E-state index is -0.462. The van der Waals surface area contributed by atoms with Crippen LogP contribution in [0.2, 0.25) is 0 Å². The fourth-order valence-electron chi connectivity index (χ4n) is 3.52. The molecule has 116 valence electrons. The van der Waals surface area contributed by atoms with Gasteiger partial charge in [0.25, 0.3) is 5.91 Å². The molecule has 2 atom stereocenters. The molecule has 0 heterocycles. The van der Waals surface area contributed by atoms with E-state index in [0.717, 1.165) is 11.6 Å². The zero-order valence-corrected chi connectivity index (χ0v) is 13.2. The first-order chi connectivity index (χ1) is 9.84. The maximum atomic E-state index is 10.8. The Kier molecular flexibility index (Phi) is 4.76. The Hall–Kier alpha value is -1.71. The van der Waals surface area contributed by atoms with Crippen LogP contribution in [0.1, 0.15) is 40.0 Å². The van der Waals surface area contributed by atoms with Crippen LogP contribution in [0.15, 0.2) is 24.3 Å². The van der Waals surface area contributed by atoms with Gasteiger partial charge in [0.15, 0.2) is 6.61 Å². The summed E-state index contributed by atoms with van der Waals surface area (Å²) in [5.41, 5.74) is 6.51. The third-order valence-electron chi connectivity index (χ3n) is 3.97. The van der Waals surface area contributed by atoms with Gasteiger partial charge in [-0.25, -0.2) is 0 Å². The summed E-state index contributed by atoms with van der Waals surface area (Å²) in [7, 11) is 0. The highest BCUT2D eigenvalue weighted by molar-refractivity contribution is 5.75. The number of rotatable bonds is 5. The van der Waals surface area contributed by atoms with Crippen molar-refractivity contribution in [2.75, 3.05) is 11.9 Å². The summed E-state index contributed by atoms with van der Waals surface area (Å²) in [6, 6.07) is 8.20. The Balaban J connectivity index is 1.99. The van der Waals surface area contributed by atoms with Crippen molar-refractivity contribution >= 4 is 11.6 Å². The van der Waals surface area contributed by atoms with Crippen LogP contribution in [-0.2, 0) is 4.79 Å². The number of carbonyl (C=O) groups is 1. The predicted octanol–water partition coefficient (Wildman–Crippen LogP) is 3.18. The molecule has 1 amide bonds. The lowest BCUT2D eigenvalue weighted by atomic mass is 9.70. The van der Waals surface area contributed by atoms with E-state index in [0.29, 0.717) is 17.2 Å². The van der Waals surface area contributed by atoms with Crippen LogP contribution in [0.4, 0.5) is 5.69 Å². The quantitative estimate of drug-likeness (QED) is 0.875. The molecule has 2 unspecified atom stereocenters. The number of benzene rings is 1. The molecule has 21 heavy (non-hydrogen) atoms. The largest absolute Gasteiger partial charge is 0.484 e. The minimum absolute atomic E-state index is 0.0864. The molecule has 0 spiro atoms.